The van der Waals surface area contributed by atoms with E-state index in [9.17, 15) is 0 Å². The Labute approximate surface area is 111 Å². The predicted molar refractivity (Wildman–Crippen MR) is 78.0 cm³/mol. The fourth-order valence-electron chi connectivity index (χ4n) is 2.01. The molecule has 0 aliphatic carbocycles. The van der Waals surface area contributed by atoms with Crippen molar-refractivity contribution in [3.05, 3.63) is 17.6 Å². The second kappa shape index (κ2) is 6.72. The van der Waals surface area contributed by atoms with Crippen molar-refractivity contribution in [2.45, 2.75) is 66.3 Å². The summed E-state index contributed by atoms with van der Waals surface area (Å²) in [5.41, 5.74) is 1.03. The van der Waals surface area contributed by atoms with Gasteiger partial charge >= 0.3 is 0 Å². The number of nitrogens with one attached hydrogen (secondary N) is 1. The van der Waals surface area contributed by atoms with Gasteiger partial charge in [0.25, 0.3) is 0 Å². The largest absolute Gasteiger partial charge is 0.367 e. The Bertz CT molecular complexity index is 374. The van der Waals surface area contributed by atoms with Crippen molar-refractivity contribution in [1.82, 2.24) is 9.97 Å². The molecule has 0 amide bonds. The third-order valence-corrected chi connectivity index (χ3v) is 3.24. The maximum Gasteiger partial charge on any atom is 0.133 e. The van der Waals surface area contributed by atoms with E-state index in [1.807, 2.05) is 13.0 Å². The predicted octanol–water partition coefficient (Wildman–Crippen LogP) is 4.15. The third kappa shape index (κ3) is 4.63. The van der Waals surface area contributed by atoms with Crippen LogP contribution in [0.3, 0.4) is 0 Å². The Hall–Kier alpha value is -1.12. The Kier molecular flexibility index (Phi) is 5.57. The SMILES string of the molecule is CCC(C)CC(C)Nc1cc(C)nc(C(C)C)n1. The van der Waals surface area contributed by atoms with E-state index in [0.29, 0.717) is 12.0 Å². The highest BCUT2D eigenvalue weighted by Gasteiger charge is 2.10. The highest BCUT2D eigenvalue weighted by molar-refractivity contribution is 5.37. The van der Waals surface area contributed by atoms with Gasteiger partial charge in [0.1, 0.15) is 11.6 Å². The van der Waals surface area contributed by atoms with Crippen LogP contribution < -0.4 is 5.32 Å². The van der Waals surface area contributed by atoms with Crippen molar-refractivity contribution in [3.63, 3.8) is 0 Å². The third-order valence-electron chi connectivity index (χ3n) is 3.24. The number of nitrogens with zero attached hydrogens (tertiary/aromatic N) is 2. The van der Waals surface area contributed by atoms with Crippen molar-refractivity contribution >= 4 is 5.82 Å². The van der Waals surface area contributed by atoms with Crippen LogP contribution in [-0.4, -0.2) is 16.0 Å². The van der Waals surface area contributed by atoms with Crippen molar-refractivity contribution < 1.29 is 0 Å². The van der Waals surface area contributed by atoms with E-state index in [4.69, 9.17) is 0 Å². The van der Waals surface area contributed by atoms with Crippen LogP contribution in [0.1, 0.15) is 64.9 Å². The zero-order valence-electron chi connectivity index (χ0n) is 12.6. The second-order valence-corrected chi connectivity index (χ2v) is 5.70. The molecule has 0 fully saturated rings. The summed E-state index contributed by atoms with van der Waals surface area (Å²) in [6.07, 6.45) is 2.41. The molecule has 18 heavy (non-hydrogen) atoms. The van der Waals surface area contributed by atoms with Crippen LogP contribution in [0.2, 0.25) is 0 Å². The lowest BCUT2D eigenvalue weighted by molar-refractivity contribution is 0.483. The normalized spacial score (nSPS) is 14.6. The highest BCUT2D eigenvalue weighted by Crippen LogP contribution is 2.17. The molecule has 2 atom stereocenters. The number of hydrogen-bond donors (Lipinski definition) is 1. The molecule has 3 nitrogen and oxygen atoms in total. The summed E-state index contributed by atoms with van der Waals surface area (Å²) in [6.45, 7) is 13.0. The summed E-state index contributed by atoms with van der Waals surface area (Å²) in [7, 11) is 0. The number of hydrogen-bond acceptors (Lipinski definition) is 3. The first kappa shape index (κ1) is 14.9. The van der Waals surface area contributed by atoms with Crippen molar-refractivity contribution in [1.29, 1.82) is 0 Å². The molecule has 0 aliphatic rings. The molecule has 1 heterocycles. The van der Waals surface area contributed by atoms with Gasteiger partial charge in [0.2, 0.25) is 0 Å². The van der Waals surface area contributed by atoms with Gasteiger partial charge in [0.15, 0.2) is 0 Å². The van der Waals surface area contributed by atoms with E-state index in [0.717, 1.165) is 23.3 Å². The molecular formula is C15H27N3. The fourth-order valence-corrected chi connectivity index (χ4v) is 2.01. The Morgan fingerprint density at radius 1 is 1.17 bits per heavy atom. The van der Waals surface area contributed by atoms with Crippen molar-refractivity contribution in [2.24, 2.45) is 5.92 Å². The Morgan fingerprint density at radius 3 is 2.39 bits per heavy atom. The fraction of sp³-hybridized carbons (Fsp3) is 0.733. The van der Waals surface area contributed by atoms with E-state index in [1.165, 1.54) is 12.8 Å². The van der Waals surface area contributed by atoms with E-state index < -0.39 is 0 Å². The van der Waals surface area contributed by atoms with Crippen molar-refractivity contribution in [3.8, 4) is 0 Å². The first-order chi connectivity index (χ1) is 8.42. The molecule has 2 unspecified atom stereocenters. The summed E-state index contributed by atoms with van der Waals surface area (Å²) in [5, 5.41) is 3.49. The molecule has 0 aliphatic heterocycles. The number of aryl methyl sites for hydroxylation is 1. The molecule has 1 rings (SSSR count). The molecule has 0 aromatic carbocycles. The summed E-state index contributed by atoms with van der Waals surface area (Å²) in [6, 6.07) is 2.48. The minimum Gasteiger partial charge on any atom is -0.367 e. The van der Waals surface area contributed by atoms with Gasteiger partial charge in [-0.3, -0.25) is 0 Å². The topological polar surface area (TPSA) is 37.8 Å². The van der Waals surface area contributed by atoms with Gasteiger partial charge < -0.3 is 5.32 Å². The summed E-state index contributed by atoms with van der Waals surface area (Å²) in [5.74, 6) is 3.01. The van der Waals surface area contributed by atoms with Gasteiger partial charge in [-0.25, -0.2) is 9.97 Å². The Morgan fingerprint density at radius 2 is 1.83 bits per heavy atom. The van der Waals surface area contributed by atoms with Gasteiger partial charge in [0, 0.05) is 23.7 Å². The first-order valence-corrected chi connectivity index (χ1v) is 7.04. The number of rotatable bonds is 6. The number of anilines is 1. The van der Waals surface area contributed by atoms with E-state index in [1.54, 1.807) is 0 Å². The zero-order valence-corrected chi connectivity index (χ0v) is 12.6. The molecule has 0 radical (unpaired) electrons. The lowest BCUT2D eigenvalue weighted by Crippen LogP contribution is -2.19. The molecule has 0 saturated carbocycles. The second-order valence-electron chi connectivity index (χ2n) is 5.70. The summed E-state index contributed by atoms with van der Waals surface area (Å²) >= 11 is 0. The van der Waals surface area contributed by atoms with Crippen LogP contribution in [-0.2, 0) is 0 Å². The zero-order chi connectivity index (χ0) is 13.7. The minimum atomic E-state index is 0.371. The molecule has 1 aromatic rings. The van der Waals surface area contributed by atoms with Crippen LogP contribution in [0.25, 0.3) is 0 Å². The molecule has 0 saturated heterocycles. The van der Waals surface area contributed by atoms with Gasteiger partial charge in [-0.2, -0.15) is 0 Å². The highest BCUT2D eigenvalue weighted by atomic mass is 15.0. The molecule has 1 N–H and O–H groups in total. The first-order valence-electron chi connectivity index (χ1n) is 7.04. The molecule has 3 heteroatoms. The van der Waals surface area contributed by atoms with E-state index in [2.05, 4.69) is 49.9 Å². The van der Waals surface area contributed by atoms with Gasteiger partial charge in [-0.05, 0) is 26.2 Å². The van der Waals surface area contributed by atoms with Crippen LogP contribution in [0.4, 0.5) is 5.82 Å². The van der Waals surface area contributed by atoms with Crippen LogP contribution >= 0.6 is 0 Å². The van der Waals surface area contributed by atoms with Crippen molar-refractivity contribution in [2.75, 3.05) is 5.32 Å². The lowest BCUT2D eigenvalue weighted by atomic mass is 10.0. The quantitative estimate of drug-likeness (QED) is 0.823. The standard InChI is InChI=1S/C15H27N3/c1-7-11(4)8-12(5)16-14-9-13(6)17-15(18-14)10(2)3/h9-12H,7-8H2,1-6H3,(H,16,17,18). The molecular weight excluding hydrogens is 222 g/mol. The molecule has 0 spiro atoms. The molecule has 102 valence electrons. The monoisotopic (exact) mass is 249 g/mol. The van der Waals surface area contributed by atoms with Crippen LogP contribution in [0, 0.1) is 12.8 Å². The van der Waals surface area contributed by atoms with E-state index >= 15 is 0 Å². The minimum absolute atomic E-state index is 0.371. The Balaban J connectivity index is 2.72. The van der Waals surface area contributed by atoms with Gasteiger partial charge in [0.05, 0.1) is 0 Å². The van der Waals surface area contributed by atoms with Crippen LogP contribution in [0.5, 0.6) is 0 Å². The molecule has 1 aromatic heterocycles. The van der Waals surface area contributed by atoms with Crippen LogP contribution in [0.15, 0.2) is 6.07 Å². The smallest absolute Gasteiger partial charge is 0.133 e. The maximum absolute atomic E-state index is 4.58. The molecule has 0 bridgehead atoms. The van der Waals surface area contributed by atoms with Gasteiger partial charge in [-0.15, -0.1) is 0 Å². The maximum atomic E-state index is 4.58. The lowest BCUT2D eigenvalue weighted by Gasteiger charge is -2.19. The summed E-state index contributed by atoms with van der Waals surface area (Å²) < 4.78 is 0. The number of aromatic nitrogens is 2. The average Bonchev–Trinajstić information content (AvgIpc) is 2.27. The average molecular weight is 249 g/mol. The van der Waals surface area contributed by atoms with Gasteiger partial charge in [-0.1, -0.05) is 34.1 Å². The summed E-state index contributed by atoms with van der Waals surface area (Å²) in [4.78, 5) is 9.05. The van der Waals surface area contributed by atoms with E-state index in [-0.39, 0.29) is 0 Å².